The summed E-state index contributed by atoms with van der Waals surface area (Å²) in [4.78, 5) is -0.730. The molecule has 5 nitrogen and oxygen atoms in total. The predicted molar refractivity (Wildman–Crippen MR) is 71.8 cm³/mol. The third kappa shape index (κ3) is 3.70. The molecule has 0 N–H and O–H groups in total. The van der Waals surface area contributed by atoms with Gasteiger partial charge < -0.3 is 4.74 Å². The summed E-state index contributed by atoms with van der Waals surface area (Å²) < 4.78 is 56.2. The Balaban J connectivity index is 2.22. The highest BCUT2D eigenvalue weighted by Gasteiger charge is 2.22. The van der Waals surface area contributed by atoms with Gasteiger partial charge in [0.2, 0.25) is 0 Å². The van der Waals surface area contributed by atoms with Gasteiger partial charge in [0.25, 0.3) is 9.05 Å². The highest BCUT2D eigenvalue weighted by molar-refractivity contribution is 8.13. The van der Waals surface area contributed by atoms with Gasteiger partial charge in [0.05, 0.1) is 6.61 Å². The first-order valence-electron chi connectivity index (χ1n) is 5.82. The molecule has 0 saturated carbocycles. The van der Waals surface area contributed by atoms with Crippen LogP contribution >= 0.6 is 10.7 Å². The number of hydrogen-bond donors (Lipinski definition) is 0. The Bertz CT molecular complexity index is 762. The maximum absolute atomic E-state index is 13.7. The van der Waals surface area contributed by atoms with Crippen LogP contribution in [-0.2, 0) is 22.5 Å². The molecule has 0 amide bonds. The summed E-state index contributed by atoms with van der Waals surface area (Å²) in [7, 11) is 2.56. The topological polar surface area (TPSA) is 61.2 Å². The van der Waals surface area contributed by atoms with E-state index in [1.807, 2.05) is 0 Å². The number of hydrogen-bond acceptors (Lipinski definition) is 4. The van der Waals surface area contributed by atoms with Crippen molar-refractivity contribution in [2.24, 2.45) is 7.05 Å². The molecule has 21 heavy (non-hydrogen) atoms. The predicted octanol–water partition coefficient (Wildman–Crippen LogP) is 2.25. The van der Waals surface area contributed by atoms with Gasteiger partial charge in [-0.2, -0.15) is 5.10 Å². The molecule has 9 heteroatoms. The van der Waals surface area contributed by atoms with Crippen LogP contribution in [0.1, 0.15) is 5.69 Å². The van der Waals surface area contributed by atoms with Crippen LogP contribution in [0.5, 0.6) is 5.75 Å². The lowest BCUT2D eigenvalue weighted by Crippen LogP contribution is -2.09. The van der Waals surface area contributed by atoms with Crippen LogP contribution in [-0.4, -0.2) is 24.8 Å². The second-order valence-corrected chi connectivity index (χ2v) is 6.73. The highest BCUT2D eigenvalue weighted by Crippen LogP contribution is 2.31. The van der Waals surface area contributed by atoms with Crippen molar-refractivity contribution in [1.29, 1.82) is 0 Å². The van der Waals surface area contributed by atoms with E-state index >= 15 is 0 Å². The van der Waals surface area contributed by atoms with Crippen LogP contribution < -0.4 is 4.74 Å². The van der Waals surface area contributed by atoms with E-state index in [9.17, 15) is 17.2 Å². The molecule has 0 unspecified atom stereocenters. The van der Waals surface area contributed by atoms with Crippen LogP contribution in [0, 0.1) is 11.6 Å². The molecule has 0 fully saturated rings. The molecular formula is C12H11ClF2N2O3S. The molecule has 0 aliphatic rings. The van der Waals surface area contributed by atoms with E-state index in [0.717, 1.165) is 5.69 Å². The number of benzene rings is 1. The summed E-state index contributed by atoms with van der Waals surface area (Å²) in [5, 5.41) is 3.95. The van der Waals surface area contributed by atoms with Gasteiger partial charge in [-0.15, -0.1) is 0 Å². The maximum atomic E-state index is 13.7. The van der Waals surface area contributed by atoms with E-state index in [1.54, 1.807) is 24.0 Å². The smallest absolute Gasteiger partial charge is 0.265 e. The number of nitrogens with zero attached hydrogens (tertiary/aromatic N) is 2. The van der Waals surface area contributed by atoms with E-state index in [-0.39, 0.29) is 6.61 Å². The van der Waals surface area contributed by atoms with Crippen molar-refractivity contribution in [3.8, 4) is 5.75 Å². The standard InChI is InChI=1S/C12H11ClF2N2O3S/c1-17-9(2-4-16-17)3-5-20-12-10(15)6-8(14)7-11(12)21(13,18)19/h2,4,6-7H,3,5H2,1H3. The third-order valence-electron chi connectivity index (χ3n) is 2.76. The van der Waals surface area contributed by atoms with E-state index in [0.29, 0.717) is 18.6 Å². The lowest BCUT2D eigenvalue weighted by Gasteiger charge is -2.11. The zero-order valence-electron chi connectivity index (χ0n) is 10.9. The molecule has 0 saturated heterocycles. The van der Waals surface area contributed by atoms with E-state index < -0.39 is 31.3 Å². The Hall–Kier alpha value is -1.67. The van der Waals surface area contributed by atoms with E-state index in [1.165, 1.54) is 0 Å². The first-order valence-corrected chi connectivity index (χ1v) is 8.13. The molecule has 114 valence electrons. The third-order valence-corrected chi connectivity index (χ3v) is 4.09. The van der Waals surface area contributed by atoms with Crippen LogP contribution in [0.2, 0.25) is 0 Å². The van der Waals surface area contributed by atoms with Gasteiger partial charge in [-0.1, -0.05) is 0 Å². The van der Waals surface area contributed by atoms with Crippen molar-refractivity contribution in [2.45, 2.75) is 11.3 Å². The largest absolute Gasteiger partial charge is 0.489 e. The highest BCUT2D eigenvalue weighted by atomic mass is 35.7. The fraction of sp³-hybridized carbons (Fsp3) is 0.250. The normalized spacial score (nSPS) is 11.6. The van der Waals surface area contributed by atoms with Gasteiger partial charge in [-0.05, 0) is 12.1 Å². The van der Waals surface area contributed by atoms with E-state index in [4.69, 9.17) is 15.4 Å². The molecule has 0 atom stereocenters. The number of aromatic nitrogens is 2. The molecule has 1 aromatic heterocycles. The minimum atomic E-state index is -4.32. The first kappa shape index (κ1) is 15.7. The molecule has 1 aromatic carbocycles. The van der Waals surface area contributed by atoms with E-state index in [2.05, 4.69) is 5.10 Å². The quantitative estimate of drug-likeness (QED) is 0.786. The summed E-state index contributed by atoms with van der Waals surface area (Å²) in [6.45, 7) is -0.0124. The molecule has 0 aliphatic heterocycles. The van der Waals surface area contributed by atoms with Crippen molar-refractivity contribution in [3.63, 3.8) is 0 Å². The van der Waals surface area contributed by atoms with Gasteiger partial charge in [0, 0.05) is 42.1 Å². The molecule has 2 aromatic rings. The SMILES string of the molecule is Cn1nccc1CCOc1c(F)cc(F)cc1S(=O)(=O)Cl. The lowest BCUT2D eigenvalue weighted by molar-refractivity contribution is 0.292. The van der Waals surface area contributed by atoms with Gasteiger partial charge >= 0.3 is 0 Å². The summed E-state index contributed by atoms with van der Waals surface area (Å²) in [5.74, 6) is -2.77. The minimum absolute atomic E-state index is 0.0124. The zero-order chi connectivity index (χ0) is 15.6. The van der Waals surface area contributed by atoms with Crippen LogP contribution in [0.3, 0.4) is 0 Å². The van der Waals surface area contributed by atoms with Gasteiger partial charge in [-0.3, -0.25) is 4.68 Å². The summed E-state index contributed by atoms with van der Waals surface area (Å²) in [5.41, 5.74) is 0.813. The molecule has 0 spiro atoms. The Kier molecular flexibility index (Phi) is 4.48. The lowest BCUT2D eigenvalue weighted by atomic mass is 10.3. The van der Waals surface area contributed by atoms with Crippen molar-refractivity contribution in [1.82, 2.24) is 9.78 Å². The van der Waals surface area contributed by atoms with Gasteiger partial charge in [0.1, 0.15) is 10.7 Å². The minimum Gasteiger partial charge on any atom is -0.489 e. The van der Waals surface area contributed by atoms with Crippen molar-refractivity contribution >= 4 is 19.7 Å². The van der Waals surface area contributed by atoms with Crippen LogP contribution in [0.15, 0.2) is 29.3 Å². The summed E-state index contributed by atoms with van der Waals surface area (Å²) in [6.07, 6.45) is 1.96. The number of halogens is 3. The summed E-state index contributed by atoms with van der Waals surface area (Å²) >= 11 is 0. The molecule has 2 rings (SSSR count). The first-order chi connectivity index (χ1) is 9.79. The summed E-state index contributed by atoms with van der Waals surface area (Å²) in [6, 6.07) is 2.89. The molecule has 0 radical (unpaired) electrons. The average Bonchev–Trinajstić information content (AvgIpc) is 2.76. The fourth-order valence-electron chi connectivity index (χ4n) is 1.76. The molecule has 0 bridgehead atoms. The zero-order valence-corrected chi connectivity index (χ0v) is 12.5. The van der Waals surface area contributed by atoms with Crippen molar-refractivity contribution < 1.29 is 21.9 Å². The van der Waals surface area contributed by atoms with Crippen LogP contribution in [0.4, 0.5) is 8.78 Å². The fourth-order valence-corrected chi connectivity index (χ4v) is 2.74. The Labute approximate surface area is 124 Å². The monoisotopic (exact) mass is 336 g/mol. The Morgan fingerprint density at radius 1 is 1.38 bits per heavy atom. The molecule has 1 heterocycles. The van der Waals surface area contributed by atoms with Crippen molar-refractivity contribution in [3.05, 3.63) is 41.7 Å². The number of ether oxygens (including phenoxy) is 1. The Morgan fingerprint density at radius 2 is 2.10 bits per heavy atom. The van der Waals surface area contributed by atoms with Gasteiger partial charge in [0.15, 0.2) is 11.6 Å². The average molecular weight is 337 g/mol. The Morgan fingerprint density at radius 3 is 2.67 bits per heavy atom. The number of rotatable bonds is 5. The van der Waals surface area contributed by atoms with Crippen LogP contribution in [0.25, 0.3) is 0 Å². The molecule has 0 aliphatic carbocycles. The second kappa shape index (κ2) is 5.98. The maximum Gasteiger partial charge on any atom is 0.265 e. The van der Waals surface area contributed by atoms with Gasteiger partial charge in [-0.25, -0.2) is 17.2 Å². The van der Waals surface area contributed by atoms with Crippen molar-refractivity contribution in [2.75, 3.05) is 6.61 Å². The second-order valence-electron chi connectivity index (χ2n) is 4.20. The number of aryl methyl sites for hydroxylation is 1. The molecular weight excluding hydrogens is 326 g/mol.